The Labute approximate surface area is 121 Å². The molecule has 1 aliphatic heterocycles. The van der Waals surface area contributed by atoms with Gasteiger partial charge >= 0.3 is 0 Å². The van der Waals surface area contributed by atoms with Crippen molar-refractivity contribution >= 4 is 18.0 Å². The molecule has 2 heterocycles. The second kappa shape index (κ2) is 4.47. The van der Waals surface area contributed by atoms with Crippen LogP contribution in [0.1, 0.15) is 27.0 Å². The average molecular weight is 301 g/mol. The van der Waals surface area contributed by atoms with Crippen LogP contribution in [-0.4, -0.2) is 48.3 Å². The molecule has 1 unspecified atom stereocenters. The van der Waals surface area contributed by atoms with Crippen molar-refractivity contribution in [1.82, 2.24) is 9.55 Å². The zero-order valence-electron chi connectivity index (χ0n) is 11.6. The quantitative estimate of drug-likeness (QED) is 0.567. The van der Waals surface area contributed by atoms with Crippen LogP contribution >= 0.6 is 12.2 Å². The molecule has 1 aliphatic rings. The lowest BCUT2D eigenvalue weighted by molar-refractivity contribution is -0.162. The number of ether oxygens (including phenoxy) is 1. The summed E-state index contributed by atoms with van der Waals surface area (Å²) in [4.78, 5) is 3.93. The molecule has 112 valence electrons. The molecular formula is C12H19N3O4S. The van der Waals surface area contributed by atoms with Gasteiger partial charge in [-0.2, -0.15) is 0 Å². The van der Waals surface area contributed by atoms with Crippen LogP contribution < -0.4 is 5.73 Å². The molecule has 1 aromatic rings. The SMILES string of the molecule is CC1(O)[C@H](n2ccc(N)nc2=S)O[C@](C)(CO)[C@]1(C)O. The Hall–Kier alpha value is -1.06. The molecule has 0 aliphatic carbocycles. The van der Waals surface area contributed by atoms with E-state index < -0.39 is 29.6 Å². The second-order valence-electron chi connectivity index (χ2n) is 5.62. The molecule has 0 aromatic carbocycles. The van der Waals surface area contributed by atoms with E-state index in [4.69, 9.17) is 22.7 Å². The first-order valence-electron chi connectivity index (χ1n) is 6.15. The first-order valence-corrected chi connectivity index (χ1v) is 6.56. The number of anilines is 1. The summed E-state index contributed by atoms with van der Waals surface area (Å²) in [5.41, 5.74) is 0.842. The molecule has 0 bridgehead atoms. The third-order valence-corrected chi connectivity index (χ3v) is 4.58. The molecule has 1 saturated heterocycles. The average Bonchev–Trinajstić information content (AvgIpc) is 2.48. The van der Waals surface area contributed by atoms with Crippen molar-refractivity contribution in [2.24, 2.45) is 0 Å². The zero-order chi connectivity index (χ0) is 15.3. The second-order valence-corrected chi connectivity index (χ2v) is 5.99. The number of nitrogens with zero attached hydrogens (tertiary/aromatic N) is 2. The van der Waals surface area contributed by atoms with Gasteiger partial charge in [0.05, 0.1) is 6.61 Å². The fraction of sp³-hybridized carbons (Fsp3) is 0.667. The van der Waals surface area contributed by atoms with E-state index in [1.165, 1.54) is 37.6 Å². The molecule has 1 aromatic heterocycles. The fourth-order valence-corrected chi connectivity index (χ4v) is 2.64. The van der Waals surface area contributed by atoms with E-state index in [2.05, 4.69) is 4.98 Å². The summed E-state index contributed by atoms with van der Waals surface area (Å²) >= 11 is 5.10. The van der Waals surface area contributed by atoms with Gasteiger partial charge in [-0.25, -0.2) is 4.98 Å². The van der Waals surface area contributed by atoms with Gasteiger partial charge in [-0.05, 0) is 39.1 Å². The molecule has 20 heavy (non-hydrogen) atoms. The van der Waals surface area contributed by atoms with Gasteiger partial charge in [0.2, 0.25) is 4.77 Å². The smallest absolute Gasteiger partial charge is 0.203 e. The molecule has 1 fully saturated rings. The van der Waals surface area contributed by atoms with E-state index in [1.807, 2.05) is 0 Å². The molecule has 4 atom stereocenters. The van der Waals surface area contributed by atoms with Crippen molar-refractivity contribution in [3.63, 3.8) is 0 Å². The Morgan fingerprint density at radius 1 is 1.45 bits per heavy atom. The summed E-state index contributed by atoms with van der Waals surface area (Å²) in [5, 5.41) is 30.8. The van der Waals surface area contributed by atoms with Crippen LogP contribution in [0.5, 0.6) is 0 Å². The first-order chi connectivity index (χ1) is 9.07. The van der Waals surface area contributed by atoms with Gasteiger partial charge < -0.3 is 25.8 Å². The lowest BCUT2D eigenvalue weighted by atomic mass is 9.76. The van der Waals surface area contributed by atoms with E-state index in [0.29, 0.717) is 0 Å². The normalized spacial score (nSPS) is 41.0. The Bertz CT molecular complexity index is 586. The maximum absolute atomic E-state index is 10.7. The standard InChI is InChI=1S/C12H19N3O4S/c1-10(6-16)12(3,18)11(2,17)8(19-10)15-5-4-7(13)14-9(15)20/h4-5,8,16-18H,6H2,1-3H3,(H2,13,14,20)/t8-,10-,11?,12+/m1/s1. The Balaban J connectivity index is 2.56. The highest BCUT2D eigenvalue weighted by Crippen LogP contribution is 2.50. The van der Waals surface area contributed by atoms with Gasteiger partial charge in [0.25, 0.3) is 0 Å². The molecule has 0 spiro atoms. The number of aliphatic hydroxyl groups excluding tert-OH is 1. The zero-order valence-corrected chi connectivity index (χ0v) is 12.4. The van der Waals surface area contributed by atoms with Crippen molar-refractivity contribution in [2.75, 3.05) is 12.3 Å². The Morgan fingerprint density at radius 2 is 2.05 bits per heavy atom. The van der Waals surface area contributed by atoms with E-state index >= 15 is 0 Å². The minimum atomic E-state index is -1.68. The highest BCUT2D eigenvalue weighted by molar-refractivity contribution is 7.71. The molecule has 7 nitrogen and oxygen atoms in total. The number of nitrogen functional groups attached to an aromatic ring is 1. The van der Waals surface area contributed by atoms with Gasteiger partial charge in [0.15, 0.2) is 6.23 Å². The summed E-state index contributed by atoms with van der Waals surface area (Å²) in [6.45, 7) is 3.91. The predicted molar refractivity (Wildman–Crippen MR) is 74.3 cm³/mol. The van der Waals surface area contributed by atoms with E-state index in [0.717, 1.165) is 0 Å². The van der Waals surface area contributed by atoms with E-state index in [-0.39, 0.29) is 10.6 Å². The lowest BCUT2D eigenvalue weighted by Crippen LogP contribution is -2.60. The summed E-state index contributed by atoms with van der Waals surface area (Å²) < 4.78 is 7.22. The Morgan fingerprint density at radius 3 is 2.50 bits per heavy atom. The van der Waals surface area contributed by atoms with Gasteiger partial charge in [0.1, 0.15) is 22.6 Å². The van der Waals surface area contributed by atoms with Crippen molar-refractivity contribution in [3.8, 4) is 0 Å². The van der Waals surface area contributed by atoms with E-state index in [9.17, 15) is 15.3 Å². The maximum Gasteiger partial charge on any atom is 0.203 e. The number of hydrogen-bond acceptors (Lipinski definition) is 7. The topological polar surface area (TPSA) is 114 Å². The van der Waals surface area contributed by atoms with Crippen molar-refractivity contribution in [3.05, 3.63) is 17.0 Å². The molecule has 0 radical (unpaired) electrons. The molecule has 0 saturated carbocycles. The lowest BCUT2D eigenvalue weighted by Gasteiger charge is -2.39. The van der Waals surface area contributed by atoms with Gasteiger partial charge in [-0.3, -0.25) is 4.57 Å². The number of hydrogen-bond donors (Lipinski definition) is 4. The van der Waals surface area contributed by atoms with Gasteiger partial charge in [-0.15, -0.1) is 0 Å². The van der Waals surface area contributed by atoms with Crippen LogP contribution in [0.2, 0.25) is 0 Å². The maximum atomic E-state index is 10.7. The van der Waals surface area contributed by atoms with Crippen LogP contribution in [0.15, 0.2) is 12.3 Å². The largest absolute Gasteiger partial charge is 0.393 e. The van der Waals surface area contributed by atoms with Crippen LogP contribution in [0, 0.1) is 4.77 Å². The summed E-state index contributed by atoms with van der Waals surface area (Å²) in [6.07, 6.45) is 0.540. The number of aliphatic hydroxyl groups is 3. The summed E-state index contributed by atoms with van der Waals surface area (Å²) in [6, 6.07) is 1.51. The van der Waals surface area contributed by atoms with Crippen LogP contribution in [0.25, 0.3) is 0 Å². The molecule has 2 rings (SSSR count). The van der Waals surface area contributed by atoms with Gasteiger partial charge in [-0.1, -0.05) is 0 Å². The highest BCUT2D eigenvalue weighted by atomic mass is 32.1. The van der Waals surface area contributed by atoms with Crippen molar-refractivity contribution in [2.45, 2.75) is 43.8 Å². The van der Waals surface area contributed by atoms with Crippen molar-refractivity contribution in [1.29, 1.82) is 0 Å². The molecule has 0 amide bonds. The van der Waals surface area contributed by atoms with E-state index in [1.54, 1.807) is 0 Å². The van der Waals surface area contributed by atoms with Crippen LogP contribution in [0.3, 0.4) is 0 Å². The first kappa shape index (κ1) is 15.3. The Kier molecular flexibility index (Phi) is 3.43. The molecular weight excluding hydrogens is 282 g/mol. The minimum Gasteiger partial charge on any atom is -0.393 e. The third kappa shape index (κ3) is 1.87. The number of rotatable bonds is 2. The molecule has 5 N–H and O–H groups in total. The summed E-state index contributed by atoms with van der Waals surface area (Å²) in [7, 11) is 0. The predicted octanol–water partition coefficient (Wildman–Crippen LogP) is -0.0234. The number of aromatic nitrogens is 2. The third-order valence-electron chi connectivity index (χ3n) is 4.27. The monoisotopic (exact) mass is 301 g/mol. The van der Waals surface area contributed by atoms with Gasteiger partial charge in [0, 0.05) is 6.20 Å². The fourth-order valence-electron chi connectivity index (χ4n) is 2.37. The minimum absolute atomic E-state index is 0.119. The highest BCUT2D eigenvalue weighted by Gasteiger charge is 2.67. The van der Waals surface area contributed by atoms with Crippen LogP contribution in [-0.2, 0) is 4.74 Å². The van der Waals surface area contributed by atoms with Crippen LogP contribution in [0.4, 0.5) is 5.82 Å². The van der Waals surface area contributed by atoms with Crippen molar-refractivity contribution < 1.29 is 20.1 Å². The summed E-state index contributed by atoms with van der Waals surface area (Å²) in [5.74, 6) is 0.251. The number of nitrogens with two attached hydrogens (primary N) is 1. The molecule has 8 heteroatoms.